The molecule has 1 aliphatic rings. The fraction of sp³-hybridized carbons (Fsp3) is 0.688. The van der Waals surface area contributed by atoms with E-state index in [4.69, 9.17) is 0 Å². The lowest BCUT2D eigenvalue weighted by Crippen LogP contribution is -2.46. The molecule has 1 N–H and O–H groups in total. The first-order valence-electron chi connectivity index (χ1n) is 7.68. The van der Waals surface area contributed by atoms with Gasteiger partial charge in [0.25, 0.3) is 5.91 Å². The normalized spacial score (nSPS) is 20.2. The third-order valence-corrected chi connectivity index (χ3v) is 3.66. The summed E-state index contributed by atoms with van der Waals surface area (Å²) in [5.74, 6) is -1.26. The van der Waals surface area contributed by atoms with Crippen molar-refractivity contribution in [2.75, 3.05) is 6.54 Å². The van der Waals surface area contributed by atoms with Crippen molar-refractivity contribution >= 4 is 17.9 Å². The average molecular weight is 310 g/mol. The number of amides is 3. The Bertz CT molecular complexity index is 459. The van der Waals surface area contributed by atoms with Gasteiger partial charge in [-0.3, -0.25) is 4.79 Å². The molecular formula is C16H26N2O4. The van der Waals surface area contributed by atoms with Crippen LogP contribution in [0.2, 0.25) is 0 Å². The van der Waals surface area contributed by atoms with E-state index in [-0.39, 0.29) is 24.8 Å². The zero-order valence-corrected chi connectivity index (χ0v) is 13.8. The largest absolute Gasteiger partial charge is 0.480 e. The van der Waals surface area contributed by atoms with Gasteiger partial charge in [0.2, 0.25) is 0 Å². The summed E-state index contributed by atoms with van der Waals surface area (Å²) in [6, 6.07) is -2.23. The van der Waals surface area contributed by atoms with Crippen LogP contribution in [0.25, 0.3) is 0 Å². The van der Waals surface area contributed by atoms with Crippen molar-refractivity contribution in [1.82, 2.24) is 9.80 Å². The van der Waals surface area contributed by atoms with Gasteiger partial charge < -0.3 is 10.0 Å². The van der Waals surface area contributed by atoms with Crippen LogP contribution in [0.5, 0.6) is 0 Å². The summed E-state index contributed by atoms with van der Waals surface area (Å²) >= 11 is 0. The highest BCUT2D eigenvalue weighted by Gasteiger charge is 2.49. The van der Waals surface area contributed by atoms with Gasteiger partial charge in [-0.15, -0.1) is 6.58 Å². The van der Waals surface area contributed by atoms with Crippen LogP contribution in [-0.4, -0.2) is 51.4 Å². The molecule has 1 heterocycles. The smallest absolute Gasteiger partial charge is 0.328 e. The Morgan fingerprint density at radius 2 is 1.86 bits per heavy atom. The van der Waals surface area contributed by atoms with Gasteiger partial charge in [0.15, 0.2) is 0 Å². The van der Waals surface area contributed by atoms with Gasteiger partial charge in [0.1, 0.15) is 12.1 Å². The first kappa shape index (κ1) is 18.2. The van der Waals surface area contributed by atoms with Crippen LogP contribution in [0.15, 0.2) is 12.7 Å². The van der Waals surface area contributed by atoms with Crippen LogP contribution in [0, 0.1) is 11.8 Å². The number of carboxylic acids is 1. The van der Waals surface area contributed by atoms with E-state index in [2.05, 4.69) is 6.58 Å². The molecule has 3 amide bonds. The Labute approximate surface area is 131 Å². The van der Waals surface area contributed by atoms with Gasteiger partial charge in [-0.2, -0.15) is 0 Å². The number of aliphatic carboxylic acids is 1. The molecular weight excluding hydrogens is 284 g/mol. The van der Waals surface area contributed by atoms with Crippen molar-refractivity contribution < 1.29 is 19.5 Å². The number of rotatable bonds is 8. The van der Waals surface area contributed by atoms with Crippen molar-refractivity contribution in [2.45, 2.75) is 52.6 Å². The monoisotopic (exact) mass is 310 g/mol. The molecule has 0 spiro atoms. The molecule has 0 aromatic heterocycles. The zero-order valence-electron chi connectivity index (χ0n) is 13.8. The molecule has 1 saturated heterocycles. The minimum Gasteiger partial charge on any atom is -0.480 e. The minimum absolute atomic E-state index is 0.0682. The first-order valence-corrected chi connectivity index (χ1v) is 7.68. The highest BCUT2D eigenvalue weighted by molar-refractivity contribution is 6.06. The predicted octanol–water partition coefficient (Wildman–Crippen LogP) is 2.35. The van der Waals surface area contributed by atoms with Crippen molar-refractivity contribution in [3.63, 3.8) is 0 Å². The lowest BCUT2D eigenvalue weighted by molar-refractivity contribution is -0.147. The van der Waals surface area contributed by atoms with Crippen LogP contribution in [0.1, 0.15) is 40.5 Å². The molecule has 1 aliphatic heterocycles. The quantitative estimate of drug-likeness (QED) is 0.551. The number of urea groups is 1. The van der Waals surface area contributed by atoms with E-state index in [9.17, 15) is 19.5 Å². The fourth-order valence-electron chi connectivity index (χ4n) is 2.73. The first-order chi connectivity index (χ1) is 10.2. The van der Waals surface area contributed by atoms with Crippen molar-refractivity contribution in [3.05, 3.63) is 12.7 Å². The third-order valence-electron chi connectivity index (χ3n) is 3.66. The summed E-state index contributed by atoms with van der Waals surface area (Å²) in [4.78, 5) is 39.0. The van der Waals surface area contributed by atoms with Crippen LogP contribution in [0.3, 0.4) is 0 Å². The number of carbonyl (C=O) groups excluding carboxylic acids is 2. The van der Waals surface area contributed by atoms with Gasteiger partial charge in [-0.25, -0.2) is 14.5 Å². The molecule has 124 valence electrons. The zero-order chi connectivity index (χ0) is 17.0. The van der Waals surface area contributed by atoms with E-state index < -0.39 is 30.0 Å². The standard InChI is InChI=1S/C16H26N2O4/c1-6-7-17-12(8-10(2)3)14(19)18(16(17)22)13(15(20)21)9-11(4)5/h6,10-13H,1,7-9H2,2-5H3,(H,20,21). The van der Waals surface area contributed by atoms with Crippen molar-refractivity contribution in [1.29, 1.82) is 0 Å². The topological polar surface area (TPSA) is 77.9 Å². The maximum absolute atomic E-state index is 12.6. The predicted molar refractivity (Wildman–Crippen MR) is 83.3 cm³/mol. The Balaban J connectivity index is 3.13. The van der Waals surface area contributed by atoms with Gasteiger partial charge in [0, 0.05) is 6.54 Å². The van der Waals surface area contributed by atoms with Crippen LogP contribution >= 0.6 is 0 Å². The van der Waals surface area contributed by atoms with Crippen molar-refractivity contribution in [3.8, 4) is 0 Å². The maximum Gasteiger partial charge on any atom is 0.328 e. The molecule has 6 heteroatoms. The maximum atomic E-state index is 12.6. The van der Waals surface area contributed by atoms with Gasteiger partial charge >= 0.3 is 12.0 Å². The number of carboxylic acid groups (broad SMARTS) is 1. The van der Waals surface area contributed by atoms with Crippen LogP contribution < -0.4 is 0 Å². The summed E-state index contributed by atoms with van der Waals surface area (Å²) in [6.07, 6.45) is 2.33. The number of hydrogen-bond acceptors (Lipinski definition) is 3. The molecule has 0 aromatic rings. The molecule has 2 atom stereocenters. The third kappa shape index (κ3) is 3.87. The minimum atomic E-state index is -1.14. The Morgan fingerprint density at radius 3 is 2.27 bits per heavy atom. The molecule has 0 aliphatic carbocycles. The highest BCUT2D eigenvalue weighted by Crippen LogP contribution is 2.27. The molecule has 1 fully saturated rings. The average Bonchev–Trinajstić information content (AvgIpc) is 2.60. The van der Waals surface area contributed by atoms with Crippen LogP contribution in [0.4, 0.5) is 4.79 Å². The molecule has 0 radical (unpaired) electrons. The summed E-state index contributed by atoms with van der Waals surface area (Å²) in [6.45, 7) is 11.5. The van der Waals surface area contributed by atoms with E-state index in [0.717, 1.165) is 4.90 Å². The number of hydrogen-bond donors (Lipinski definition) is 1. The van der Waals surface area contributed by atoms with E-state index in [1.165, 1.54) is 4.90 Å². The van der Waals surface area contributed by atoms with Gasteiger partial charge in [-0.1, -0.05) is 33.8 Å². The molecule has 0 saturated carbocycles. The van der Waals surface area contributed by atoms with Crippen LogP contribution in [-0.2, 0) is 9.59 Å². The Kier molecular flexibility index (Phi) is 6.14. The number of carbonyl (C=O) groups is 3. The van der Waals surface area contributed by atoms with Gasteiger partial charge in [-0.05, 0) is 24.7 Å². The second-order valence-corrected chi connectivity index (χ2v) is 6.56. The number of imide groups is 1. The SMILES string of the molecule is C=CCN1C(=O)N(C(CC(C)C)C(=O)O)C(=O)C1CC(C)C. The summed E-state index contributed by atoms with van der Waals surface area (Å²) in [7, 11) is 0. The lowest BCUT2D eigenvalue weighted by atomic mass is 10.0. The second kappa shape index (κ2) is 7.42. The molecule has 6 nitrogen and oxygen atoms in total. The van der Waals surface area contributed by atoms with Crippen molar-refractivity contribution in [2.24, 2.45) is 11.8 Å². The molecule has 2 unspecified atom stereocenters. The molecule has 22 heavy (non-hydrogen) atoms. The van der Waals surface area contributed by atoms with E-state index in [1.54, 1.807) is 6.08 Å². The summed E-state index contributed by atoms with van der Waals surface area (Å²) in [5, 5.41) is 9.42. The van der Waals surface area contributed by atoms with E-state index in [1.807, 2.05) is 27.7 Å². The van der Waals surface area contributed by atoms with E-state index >= 15 is 0 Å². The Hall–Kier alpha value is -1.85. The summed E-state index contributed by atoms with van der Waals surface area (Å²) < 4.78 is 0. The molecule has 0 bridgehead atoms. The molecule has 0 aromatic carbocycles. The van der Waals surface area contributed by atoms with Gasteiger partial charge in [0.05, 0.1) is 0 Å². The number of nitrogens with zero attached hydrogens (tertiary/aromatic N) is 2. The fourth-order valence-corrected chi connectivity index (χ4v) is 2.73. The lowest BCUT2D eigenvalue weighted by Gasteiger charge is -2.24. The Morgan fingerprint density at radius 1 is 1.27 bits per heavy atom. The summed E-state index contributed by atoms with van der Waals surface area (Å²) in [5.41, 5.74) is 0. The second-order valence-electron chi connectivity index (χ2n) is 6.56. The van der Waals surface area contributed by atoms with E-state index in [0.29, 0.717) is 6.42 Å². The highest BCUT2D eigenvalue weighted by atomic mass is 16.4. The molecule has 1 rings (SSSR count).